The number of benzene rings is 1. The van der Waals surface area contributed by atoms with Gasteiger partial charge < -0.3 is 9.15 Å². The van der Waals surface area contributed by atoms with Crippen molar-refractivity contribution in [3.8, 4) is 5.75 Å². The van der Waals surface area contributed by atoms with Crippen molar-refractivity contribution in [1.29, 1.82) is 0 Å². The van der Waals surface area contributed by atoms with Gasteiger partial charge in [-0.25, -0.2) is 0 Å². The van der Waals surface area contributed by atoms with E-state index in [-0.39, 0.29) is 23.7 Å². The molecule has 5 heteroatoms. The number of ether oxygens (including phenoxy) is 1. The van der Waals surface area contributed by atoms with E-state index in [0.717, 1.165) is 11.8 Å². The summed E-state index contributed by atoms with van der Waals surface area (Å²) >= 11 is 0. The van der Waals surface area contributed by atoms with Crippen LogP contribution in [-0.4, -0.2) is 12.1 Å². The van der Waals surface area contributed by atoms with E-state index in [0.29, 0.717) is 6.29 Å². The zero-order chi connectivity index (χ0) is 14.5. The van der Waals surface area contributed by atoms with Crippen molar-refractivity contribution in [1.82, 2.24) is 0 Å². The van der Waals surface area contributed by atoms with Crippen LogP contribution in [0.3, 0.4) is 0 Å². The lowest BCUT2D eigenvalue weighted by molar-refractivity contribution is 0.100. The molecule has 20 heavy (non-hydrogen) atoms. The van der Waals surface area contributed by atoms with E-state index in [1.165, 1.54) is 6.92 Å². The number of hydrogen-bond donors (Lipinski definition) is 0. The highest BCUT2D eigenvalue weighted by Gasteiger charge is 2.17. The summed E-state index contributed by atoms with van der Waals surface area (Å²) in [6.45, 7) is 1.35. The van der Waals surface area contributed by atoms with Crippen molar-refractivity contribution in [3.63, 3.8) is 0 Å². The quantitative estimate of drug-likeness (QED) is 0.616. The lowest BCUT2D eigenvalue weighted by Gasteiger charge is -2.07. The highest BCUT2D eigenvalue weighted by Crippen LogP contribution is 2.15. The van der Waals surface area contributed by atoms with Gasteiger partial charge in [-0.3, -0.25) is 14.4 Å². The van der Waals surface area contributed by atoms with E-state index in [1.54, 1.807) is 0 Å². The van der Waals surface area contributed by atoms with Gasteiger partial charge in [-0.1, -0.05) is 30.3 Å². The fourth-order valence-electron chi connectivity index (χ4n) is 1.65. The van der Waals surface area contributed by atoms with Crippen molar-refractivity contribution >= 4 is 12.1 Å². The van der Waals surface area contributed by atoms with E-state index in [2.05, 4.69) is 0 Å². The molecule has 0 spiro atoms. The largest absolute Gasteiger partial charge is 0.481 e. The topological polar surface area (TPSA) is 73.6 Å². The van der Waals surface area contributed by atoms with Crippen LogP contribution in [0.15, 0.2) is 45.8 Å². The number of carbonyl (C=O) groups excluding carboxylic acids is 2. The van der Waals surface area contributed by atoms with Crippen LogP contribution < -0.4 is 10.2 Å². The second kappa shape index (κ2) is 5.97. The van der Waals surface area contributed by atoms with Crippen LogP contribution in [-0.2, 0) is 6.61 Å². The molecule has 0 radical (unpaired) electrons. The molecule has 0 atom stereocenters. The first-order valence-electron chi connectivity index (χ1n) is 5.92. The molecular weight excluding hydrogens is 260 g/mol. The Morgan fingerprint density at radius 1 is 1.30 bits per heavy atom. The molecule has 0 fully saturated rings. The molecule has 0 aliphatic heterocycles. The SMILES string of the molecule is CC(=O)c1coc(C=O)c(OCc2ccccc2)c1=O. The van der Waals surface area contributed by atoms with Crippen molar-refractivity contribution in [2.45, 2.75) is 13.5 Å². The van der Waals surface area contributed by atoms with Gasteiger partial charge in [-0.15, -0.1) is 0 Å². The van der Waals surface area contributed by atoms with Crippen LogP contribution in [0, 0.1) is 0 Å². The van der Waals surface area contributed by atoms with Gasteiger partial charge >= 0.3 is 0 Å². The average molecular weight is 272 g/mol. The van der Waals surface area contributed by atoms with Crippen LogP contribution in [0.1, 0.15) is 33.4 Å². The van der Waals surface area contributed by atoms with Gasteiger partial charge in [-0.2, -0.15) is 0 Å². The van der Waals surface area contributed by atoms with Gasteiger partial charge in [0.05, 0.1) is 0 Å². The smallest absolute Gasteiger partial charge is 0.238 e. The Morgan fingerprint density at radius 2 is 2.00 bits per heavy atom. The third kappa shape index (κ3) is 2.83. The molecule has 1 heterocycles. The molecule has 0 saturated carbocycles. The molecule has 2 rings (SSSR count). The maximum atomic E-state index is 12.0. The van der Waals surface area contributed by atoms with Crippen LogP contribution >= 0.6 is 0 Å². The monoisotopic (exact) mass is 272 g/mol. The fourth-order valence-corrected chi connectivity index (χ4v) is 1.65. The Bertz CT molecular complexity index is 685. The van der Waals surface area contributed by atoms with Crippen molar-refractivity contribution in [2.75, 3.05) is 0 Å². The summed E-state index contributed by atoms with van der Waals surface area (Å²) in [4.78, 5) is 34.2. The zero-order valence-corrected chi connectivity index (χ0v) is 10.8. The third-order valence-electron chi connectivity index (χ3n) is 2.69. The zero-order valence-electron chi connectivity index (χ0n) is 10.8. The lowest BCUT2D eigenvalue weighted by atomic mass is 10.2. The minimum absolute atomic E-state index is 0.105. The number of ketones is 1. The first kappa shape index (κ1) is 13.7. The molecule has 1 aromatic heterocycles. The minimum Gasteiger partial charge on any atom is -0.481 e. The van der Waals surface area contributed by atoms with Crippen molar-refractivity contribution in [2.24, 2.45) is 0 Å². The van der Waals surface area contributed by atoms with Gasteiger partial charge in [-0.05, 0) is 12.5 Å². The molecular formula is C15H12O5. The van der Waals surface area contributed by atoms with Crippen LogP contribution in [0.25, 0.3) is 0 Å². The molecule has 0 aliphatic rings. The van der Waals surface area contributed by atoms with Gasteiger partial charge in [0.25, 0.3) is 0 Å². The molecule has 0 amide bonds. The van der Waals surface area contributed by atoms with Gasteiger partial charge in [0.2, 0.25) is 16.9 Å². The number of aldehydes is 1. The standard InChI is InChI=1S/C15H12O5/c1-10(17)12-9-19-13(7-16)15(14(12)18)20-8-11-5-3-2-4-6-11/h2-7,9H,8H2,1H3. The van der Waals surface area contributed by atoms with E-state index in [9.17, 15) is 14.4 Å². The molecule has 0 unspecified atom stereocenters. The van der Waals surface area contributed by atoms with Crippen molar-refractivity contribution < 1.29 is 18.7 Å². The number of Topliss-reactive ketones (excluding diaryl/α,β-unsaturated/α-hetero) is 1. The first-order valence-corrected chi connectivity index (χ1v) is 5.92. The summed E-state index contributed by atoms with van der Waals surface area (Å²) in [6, 6.07) is 9.14. The Balaban J connectivity index is 2.34. The van der Waals surface area contributed by atoms with E-state index in [4.69, 9.17) is 9.15 Å². The maximum Gasteiger partial charge on any atom is 0.238 e. The van der Waals surface area contributed by atoms with Crippen LogP contribution in [0.5, 0.6) is 5.75 Å². The third-order valence-corrected chi connectivity index (χ3v) is 2.69. The molecule has 1 aromatic carbocycles. The molecule has 0 bridgehead atoms. The first-order chi connectivity index (χ1) is 9.63. The number of carbonyl (C=O) groups is 2. The number of hydrogen-bond acceptors (Lipinski definition) is 5. The predicted octanol–water partition coefficient (Wildman–Crippen LogP) is 2.23. The summed E-state index contributed by atoms with van der Waals surface area (Å²) in [6.07, 6.45) is 1.36. The van der Waals surface area contributed by atoms with E-state index < -0.39 is 11.2 Å². The fraction of sp³-hybridized carbons (Fsp3) is 0.133. The Labute approximate surface area is 114 Å². The molecule has 0 saturated heterocycles. The highest BCUT2D eigenvalue weighted by molar-refractivity contribution is 5.94. The Morgan fingerprint density at radius 3 is 2.60 bits per heavy atom. The predicted molar refractivity (Wildman–Crippen MR) is 71.1 cm³/mol. The second-order valence-corrected chi connectivity index (χ2v) is 4.12. The maximum absolute atomic E-state index is 12.0. The number of rotatable bonds is 5. The molecule has 5 nitrogen and oxygen atoms in total. The Hall–Kier alpha value is -2.69. The summed E-state index contributed by atoms with van der Waals surface area (Å²) in [5, 5.41) is 0. The van der Waals surface area contributed by atoms with Crippen LogP contribution in [0.4, 0.5) is 0 Å². The van der Waals surface area contributed by atoms with E-state index >= 15 is 0 Å². The summed E-state index contributed by atoms with van der Waals surface area (Å²) < 4.78 is 10.3. The minimum atomic E-state index is -0.637. The van der Waals surface area contributed by atoms with E-state index in [1.807, 2.05) is 30.3 Å². The van der Waals surface area contributed by atoms with Gasteiger partial charge in [0.1, 0.15) is 18.4 Å². The molecule has 0 N–H and O–H groups in total. The second-order valence-electron chi connectivity index (χ2n) is 4.12. The summed E-state index contributed by atoms with van der Waals surface area (Å²) in [5.74, 6) is -0.909. The van der Waals surface area contributed by atoms with Gasteiger partial charge in [0, 0.05) is 0 Å². The summed E-state index contributed by atoms with van der Waals surface area (Å²) in [5.41, 5.74) is 0.0532. The van der Waals surface area contributed by atoms with Crippen LogP contribution in [0.2, 0.25) is 0 Å². The molecule has 102 valence electrons. The highest BCUT2D eigenvalue weighted by atomic mass is 16.5. The summed E-state index contributed by atoms with van der Waals surface area (Å²) in [7, 11) is 0. The Kier molecular flexibility index (Phi) is 4.10. The lowest BCUT2D eigenvalue weighted by Crippen LogP contribution is -2.17. The molecule has 2 aromatic rings. The van der Waals surface area contributed by atoms with Gasteiger partial charge in [0.15, 0.2) is 12.1 Å². The van der Waals surface area contributed by atoms with Crippen molar-refractivity contribution in [3.05, 3.63) is 63.7 Å². The average Bonchev–Trinajstić information content (AvgIpc) is 2.46. The molecule has 0 aliphatic carbocycles. The normalized spacial score (nSPS) is 10.1.